The number of anilines is 1. The van der Waals surface area contributed by atoms with Crippen molar-refractivity contribution in [3.8, 4) is 0 Å². The number of rotatable bonds is 1. The van der Waals surface area contributed by atoms with E-state index >= 15 is 0 Å². The minimum atomic E-state index is -0.406. The van der Waals surface area contributed by atoms with Crippen molar-refractivity contribution in [2.24, 2.45) is 0 Å². The van der Waals surface area contributed by atoms with Crippen LogP contribution in [-0.4, -0.2) is 27.5 Å². The molecule has 23 heavy (non-hydrogen) atoms. The first-order chi connectivity index (χ1) is 11.1. The van der Waals surface area contributed by atoms with Gasteiger partial charge in [-0.1, -0.05) is 41.4 Å². The zero-order valence-electron chi connectivity index (χ0n) is 12.1. The van der Waals surface area contributed by atoms with Gasteiger partial charge in [0.05, 0.1) is 11.0 Å². The lowest BCUT2D eigenvalue weighted by Crippen LogP contribution is -2.43. The summed E-state index contributed by atoms with van der Waals surface area (Å²) in [5.74, 6) is 0.505. The van der Waals surface area contributed by atoms with Gasteiger partial charge in [0, 0.05) is 22.7 Å². The normalized spacial score (nSPS) is 17.3. The van der Waals surface area contributed by atoms with Crippen molar-refractivity contribution < 1.29 is 4.79 Å². The molecule has 0 spiro atoms. The predicted molar refractivity (Wildman–Crippen MR) is 91.1 cm³/mol. The number of amides is 1. The van der Waals surface area contributed by atoms with Crippen LogP contribution < -0.4 is 5.32 Å². The first kappa shape index (κ1) is 14.4. The molecule has 0 saturated carbocycles. The highest BCUT2D eigenvalue weighted by molar-refractivity contribution is 6.35. The lowest BCUT2D eigenvalue weighted by molar-refractivity contribution is 0.193. The second-order valence-corrected chi connectivity index (χ2v) is 6.21. The molecule has 1 aliphatic rings. The first-order valence-electron chi connectivity index (χ1n) is 7.02. The maximum atomic E-state index is 12.8. The third-order valence-electron chi connectivity index (χ3n) is 3.96. The topological polar surface area (TPSA) is 50.2 Å². The van der Waals surface area contributed by atoms with Gasteiger partial charge in [-0.05, 0) is 24.3 Å². The molecule has 1 aliphatic heterocycles. The Bertz CT molecular complexity index is 937. The number of fused-ring (bicyclic) bond motifs is 3. The Morgan fingerprint density at radius 3 is 2.74 bits per heavy atom. The van der Waals surface area contributed by atoms with E-state index in [1.165, 1.54) is 0 Å². The lowest BCUT2D eigenvalue weighted by Gasteiger charge is -2.34. The third-order valence-corrected chi connectivity index (χ3v) is 4.53. The highest BCUT2D eigenvalue weighted by Gasteiger charge is 2.33. The summed E-state index contributed by atoms with van der Waals surface area (Å²) in [7, 11) is 1.72. The van der Waals surface area contributed by atoms with Crippen LogP contribution in [0, 0.1) is 0 Å². The SMILES string of the molecule is CN1C(=O)n2c(nc3ccccc32)NC1c1ccc(Cl)cc1Cl. The van der Waals surface area contributed by atoms with Gasteiger partial charge in [-0.15, -0.1) is 0 Å². The Labute approximate surface area is 142 Å². The molecule has 7 heteroatoms. The van der Waals surface area contributed by atoms with E-state index in [2.05, 4.69) is 10.3 Å². The Morgan fingerprint density at radius 2 is 1.96 bits per heavy atom. The summed E-state index contributed by atoms with van der Waals surface area (Å²) in [5.41, 5.74) is 2.30. The number of halogens is 2. The largest absolute Gasteiger partial charge is 0.333 e. The number of hydrogen-bond acceptors (Lipinski definition) is 3. The van der Waals surface area contributed by atoms with Crippen molar-refractivity contribution >= 4 is 46.2 Å². The summed E-state index contributed by atoms with van der Waals surface area (Å²) in [6.07, 6.45) is -0.406. The van der Waals surface area contributed by atoms with Gasteiger partial charge in [-0.3, -0.25) is 0 Å². The smallest absolute Gasteiger partial charge is 0.331 e. The molecule has 1 atom stereocenters. The molecule has 0 bridgehead atoms. The molecule has 2 heterocycles. The van der Waals surface area contributed by atoms with Crippen LogP contribution >= 0.6 is 23.2 Å². The first-order valence-corrected chi connectivity index (χ1v) is 7.78. The summed E-state index contributed by atoms with van der Waals surface area (Å²) in [6, 6.07) is 12.6. The number of hydrogen-bond donors (Lipinski definition) is 1. The van der Waals surface area contributed by atoms with E-state index in [1.54, 1.807) is 28.6 Å². The summed E-state index contributed by atoms with van der Waals surface area (Å²) in [6.45, 7) is 0. The van der Waals surface area contributed by atoms with E-state index in [9.17, 15) is 4.79 Å². The Balaban J connectivity index is 1.85. The molecule has 1 aromatic heterocycles. The van der Waals surface area contributed by atoms with Crippen molar-refractivity contribution in [1.29, 1.82) is 0 Å². The molecule has 2 aromatic carbocycles. The molecule has 5 nitrogen and oxygen atoms in total. The van der Waals surface area contributed by atoms with E-state index in [4.69, 9.17) is 23.2 Å². The number of benzene rings is 2. The molecule has 3 aromatic rings. The van der Waals surface area contributed by atoms with E-state index in [1.807, 2.05) is 30.3 Å². The maximum absolute atomic E-state index is 12.8. The summed E-state index contributed by atoms with van der Waals surface area (Å²) in [4.78, 5) is 18.9. The molecule has 0 aliphatic carbocycles. The number of imidazole rings is 1. The molecule has 0 radical (unpaired) electrons. The van der Waals surface area contributed by atoms with Crippen molar-refractivity contribution in [3.05, 3.63) is 58.1 Å². The zero-order chi connectivity index (χ0) is 16.1. The Hall–Kier alpha value is -2.24. The van der Waals surface area contributed by atoms with Crippen LogP contribution in [-0.2, 0) is 0 Å². The van der Waals surface area contributed by atoms with Gasteiger partial charge in [0.1, 0.15) is 6.17 Å². The average molecular weight is 347 g/mol. The minimum Gasteiger partial charge on any atom is -0.331 e. The number of aromatic nitrogens is 2. The standard InChI is InChI=1S/C16H12Cl2N4O/c1-21-14(10-7-6-9(17)8-11(10)18)20-15-19-12-4-2-3-5-13(12)22(15)16(21)23/h2-8,14H,1H3,(H,19,20). The molecule has 1 N–H and O–H groups in total. The Kier molecular flexibility index (Phi) is 3.21. The van der Waals surface area contributed by atoms with Gasteiger partial charge in [0.25, 0.3) is 0 Å². The van der Waals surface area contributed by atoms with Crippen LogP contribution in [0.25, 0.3) is 11.0 Å². The van der Waals surface area contributed by atoms with Crippen LogP contribution in [0.3, 0.4) is 0 Å². The van der Waals surface area contributed by atoms with E-state index in [0.717, 1.165) is 16.6 Å². The monoisotopic (exact) mass is 346 g/mol. The fraction of sp³-hybridized carbons (Fsp3) is 0.125. The van der Waals surface area contributed by atoms with Crippen LogP contribution in [0.1, 0.15) is 11.7 Å². The molecular formula is C16H12Cl2N4O. The van der Waals surface area contributed by atoms with Gasteiger partial charge in [-0.25, -0.2) is 14.3 Å². The highest BCUT2D eigenvalue weighted by Crippen LogP contribution is 2.35. The molecule has 1 amide bonds. The lowest BCUT2D eigenvalue weighted by atomic mass is 10.1. The van der Waals surface area contributed by atoms with Crippen LogP contribution in [0.2, 0.25) is 10.0 Å². The molecule has 116 valence electrons. The second kappa shape index (κ2) is 5.15. The number of carbonyl (C=O) groups is 1. The second-order valence-electron chi connectivity index (χ2n) is 5.37. The van der Waals surface area contributed by atoms with Crippen LogP contribution in [0.15, 0.2) is 42.5 Å². The van der Waals surface area contributed by atoms with Gasteiger partial charge in [0.2, 0.25) is 5.95 Å². The molecule has 4 rings (SSSR count). The third kappa shape index (κ3) is 2.16. The molecule has 0 fully saturated rings. The van der Waals surface area contributed by atoms with E-state index in [-0.39, 0.29) is 6.03 Å². The Morgan fingerprint density at radius 1 is 1.17 bits per heavy atom. The van der Waals surface area contributed by atoms with Crippen LogP contribution in [0.5, 0.6) is 0 Å². The van der Waals surface area contributed by atoms with Gasteiger partial charge < -0.3 is 10.2 Å². The summed E-state index contributed by atoms with van der Waals surface area (Å²) >= 11 is 12.2. The van der Waals surface area contributed by atoms with Crippen molar-refractivity contribution in [2.75, 3.05) is 12.4 Å². The molecule has 0 saturated heterocycles. The predicted octanol–water partition coefficient (Wildman–Crippen LogP) is 4.37. The number of carbonyl (C=O) groups excluding carboxylic acids is 1. The summed E-state index contributed by atoms with van der Waals surface area (Å²) < 4.78 is 1.57. The van der Waals surface area contributed by atoms with Crippen LogP contribution in [0.4, 0.5) is 10.7 Å². The van der Waals surface area contributed by atoms with Crippen molar-refractivity contribution in [1.82, 2.24) is 14.5 Å². The fourth-order valence-electron chi connectivity index (χ4n) is 2.81. The maximum Gasteiger partial charge on any atom is 0.333 e. The van der Waals surface area contributed by atoms with Gasteiger partial charge in [0.15, 0.2) is 0 Å². The fourth-order valence-corrected chi connectivity index (χ4v) is 3.33. The summed E-state index contributed by atoms with van der Waals surface area (Å²) in [5, 5.41) is 4.32. The zero-order valence-corrected chi connectivity index (χ0v) is 13.6. The van der Waals surface area contributed by atoms with E-state index in [0.29, 0.717) is 16.0 Å². The van der Waals surface area contributed by atoms with Gasteiger partial charge >= 0.3 is 6.03 Å². The quantitative estimate of drug-likeness (QED) is 0.711. The molecular weight excluding hydrogens is 335 g/mol. The van der Waals surface area contributed by atoms with Crippen molar-refractivity contribution in [3.63, 3.8) is 0 Å². The number of para-hydroxylation sites is 2. The highest BCUT2D eigenvalue weighted by atomic mass is 35.5. The number of nitrogens with zero attached hydrogens (tertiary/aromatic N) is 3. The molecule has 1 unspecified atom stereocenters. The average Bonchev–Trinajstić information content (AvgIpc) is 2.90. The van der Waals surface area contributed by atoms with Crippen molar-refractivity contribution in [2.45, 2.75) is 6.17 Å². The van der Waals surface area contributed by atoms with E-state index < -0.39 is 6.17 Å². The van der Waals surface area contributed by atoms with Gasteiger partial charge in [-0.2, -0.15) is 0 Å². The number of nitrogens with one attached hydrogen (secondary N) is 1. The minimum absolute atomic E-state index is 0.163.